The van der Waals surface area contributed by atoms with Crippen LogP contribution < -0.4 is 5.19 Å². The minimum atomic E-state index is -2.51. The number of rotatable bonds is 7. The fourth-order valence-electron chi connectivity index (χ4n) is 1.70. The van der Waals surface area contributed by atoms with Gasteiger partial charge in [-0.25, -0.2) is 4.79 Å². The van der Waals surface area contributed by atoms with Gasteiger partial charge in [0.15, 0.2) is 0 Å². The summed E-state index contributed by atoms with van der Waals surface area (Å²) in [5.74, 6) is -0.432. The van der Waals surface area contributed by atoms with E-state index in [1.807, 2.05) is 30.3 Å². The lowest BCUT2D eigenvalue weighted by Gasteiger charge is -2.27. The van der Waals surface area contributed by atoms with E-state index < -0.39 is 14.5 Å². The van der Waals surface area contributed by atoms with Crippen molar-refractivity contribution in [2.45, 2.75) is 6.04 Å². The molecule has 98 valence electrons. The van der Waals surface area contributed by atoms with Gasteiger partial charge < -0.3 is 13.6 Å². The molecule has 18 heavy (non-hydrogen) atoms. The molecule has 0 spiro atoms. The fourth-order valence-corrected chi connectivity index (χ4v) is 4.11. The number of esters is 1. The molecule has 0 atom stereocenters. The van der Waals surface area contributed by atoms with Crippen molar-refractivity contribution in [2.75, 3.05) is 20.8 Å². The summed E-state index contributed by atoms with van der Waals surface area (Å²) < 4.78 is 16.2. The number of hydrogen-bond donors (Lipinski definition) is 0. The van der Waals surface area contributed by atoms with E-state index in [1.54, 1.807) is 14.2 Å². The largest absolute Gasteiger partial charge is 0.463 e. The first-order valence-corrected chi connectivity index (χ1v) is 7.66. The standard InChI is InChI=1S/C13H18O4Si/c1-4-13(14)17-10-11-18(15-2,16-3)12-8-6-5-7-9-12/h4-9H,1,10-11H2,2-3H3. The maximum atomic E-state index is 11.0. The molecule has 0 amide bonds. The van der Waals surface area contributed by atoms with Crippen molar-refractivity contribution in [1.29, 1.82) is 0 Å². The molecule has 0 heterocycles. The van der Waals surface area contributed by atoms with Gasteiger partial charge in [-0.15, -0.1) is 0 Å². The van der Waals surface area contributed by atoms with Crippen molar-refractivity contribution in [3.05, 3.63) is 43.0 Å². The minimum Gasteiger partial charge on any atom is -0.463 e. The van der Waals surface area contributed by atoms with Crippen LogP contribution in [0.1, 0.15) is 0 Å². The number of benzene rings is 1. The molecule has 0 radical (unpaired) electrons. The molecule has 1 aromatic rings. The molecule has 0 saturated heterocycles. The zero-order chi connectivity index (χ0) is 13.4. The summed E-state index contributed by atoms with van der Waals surface area (Å²) in [5.41, 5.74) is 0. The number of hydrogen-bond acceptors (Lipinski definition) is 4. The van der Waals surface area contributed by atoms with Crippen LogP contribution in [0.5, 0.6) is 0 Å². The van der Waals surface area contributed by atoms with Gasteiger partial charge in [0.1, 0.15) is 0 Å². The molecule has 0 bridgehead atoms. The average molecular weight is 266 g/mol. The molecule has 0 aliphatic rings. The van der Waals surface area contributed by atoms with E-state index in [-0.39, 0.29) is 6.61 Å². The average Bonchev–Trinajstić information content (AvgIpc) is 2.44. The van der Waals surface area contributed by atoms with Crippen molar-refractivity contribution in [1.82, 2.24) is 0 Å². The first-order chi connectivity index (χ1) is 8.68. The van der Waals surface area contributed by atoms with E-state index in [0.29, 0.717) is 6.04 Å². The van der Waals surface area contributed by atoms with E-state index in [0.717, 1.165) is 11.3 Å². The predicted octanol–water partition coefficient (Wildman–Crippen LogP) is 1.36. The maximum Gasteiger partial charge on any atom is 0.375 e. The molecule has 1 rings (SSSR count). The lowest BCUT2D eigenvalue weighted by atomic mass is 10.4. The lowest BCUT2D eigenvalue weighted by molar-refractivity contribution is -0.137. The third kappa shape index (κ3) is 3.53. The molecule has 4 nitrogen and oxygen atoms in total. The van der Waals surface area contributed by atoms with Crippen molar-refractivity contribution < 1.29 is 18.4 Å². The molecule has 1 aromatic carbocycles. The van der Waals surface area contributed by atoms with Gasteiger partial charge in [-0.1, -0.05) is 36.9 Å². The fraction of sp³-hybridized carbons (Fsp3) is 0.308. The summed E-state index contributed by atoms with van der Waals surface area (Å²) in [6, 6.07) is 10.3. The normalized spacial score (nSPS) is 11.0. The zero-order valence-corrected chi connectivity index (χ0v) is 11.7. The summed E-state index contributed by atoms with van der Waals surface area (Å²) in [5, 5.41) is 1.02. The van der Waals surface area contributed by atoms with E-state index in [1.165, 1.54) is 0 Å². The minimum absolute atomic E-state index is 0.258. The molecular formula is C13H18O4Si. The van der Waals surface area contributed by atoms with Crippen molar-refractivity contribution in [3.63, 3.8) is 0 Å². The highest BCUT2D eigenvalue weighted by molar-refractivity contribution is 6.81. The quantitative estimate of drug-likeness (QED) is 0.425. The molecule has 0 aliphatic heterocycles. The first-order valence-electron chi connectivity index (χ1n) is 5.63. The molecule has 0 aromatic heterocycles. The topological polar surface area (TPSA) is 44.8 Å². The molecule has 0 unspecified atom stereocenters. The lowest BCUT2D eigenvalue weighted by Crippen LogP contribution is -2.53. The van der Waals surface area contributed by atoms with Crippen LogP contribution in [0.2, 0.25) is 6.04 Å². The first kappa shape index (κ1) is 14.6. The van der Waals surface area contributed by atoms with Crippen LogP contribution in [0.25, 0.3) is 0 Å². The highest BCUT2D eigenvalue weighted by atomic mass is 28.4. The Morgan fingerprint density at radius 2 is 1.89 bits per heavy atom. The smallest absolute Gasteiger partial charge is 0.375 e. The second-order valence-corrected chi connectivity index (χ2v) is 7.05. The Balaban J connectivity index is 2.75. The van der Waals surface area contributed by atoms with Gasteiger partial charge in [0, 0.05) is 26.3 Å². The van der Waals surface area contributed by atoms with Crippen LogP contribution in [0.15, 0.2) is 43.0 Å². The monoisotopic (exact) mass is 266 g/mol. The Morgan fingerprint density at radius 1 is 1.28 bits per heavy atom. The second kappa shape index (κ2) is 7.10. The van der Waals surface area contributed by atoms with Crippen LogP contribution >= 0.6 is 0 Å². The van der Waals surface area contributed by atoms with E-state index in [9.17, 15) is 4.79 Å². The summed E-state index contributed by atoms with van der Waals surface area (Å²) in [7, 11) is 0.735. The summed E-state index contributed by atoms with van der Waals surface area (Å²) in [6.07, 6.45) is 1.14. The Hall–Kier alpha value is -1.43. The van der Waals surface area contributed by atoms with E-state index >= 15 is 0 Å². The van der Waals surface area contributed by atoms with Crippen LogP contribution in [0.4, 0.5) is 0 Å². The third-order valence-corrected chi connectivity index (χ3v) is 6.11. The summed E-state index contributed by atoms with van der Waals surface area (Å²) in [6.45, 7) is 3.61. The van der Waals surface area contributed by atoms with Crippen LogP contribution in [0.3, 0.4) is 0 Å². The van der Waals surface area contributed by atoms with E-state index in [2.05, 4.69) is 6.58 Å². The van der Waals surface area contributed by atoms with Crippen molar-refractivity contribution >= 4 is 19.7 Å². The van der Waals surface area contributed by atoms with Gasteiger partial charge in [-0.05, 0) is 5.19 Å². The van der Waals surface area contributed by atoms with Gasteiger partial charge in [0.2, 0.25) is 0 Å². The Labute approximate surface area is 108 Å². The number of carbonyl (C=O) groups excluding carboxylic acids is 1. The predicted molar refractivity (Wildman–Crippen MR) is 71.8 cm³/mol. The Morgan fingerprint density at radius 3 is 2.39 bits per heavy atom. The molecule has 0 aliphatic carbocycles. The zero-order valence-electron chi connectivity index (χ0n) is 10.7. The van der Waals surface area contributed by atoms with E-state index in [4.69, 9.17) is 13.6 Å². The number of carbonyl (C=O) groups is 1. The third-order valence-electron chi connectivity index (χ3n) is 2.72. The van der Waals surface area contributed by atoms with Gasteiger partial charge in [-0.2, -0.15) is 0 Å². The van der Waals surface area contributed by atoms with Crippen molar-refractivity contribution in [2.24, 2.45) is 0 Å². The van der Waals surface area contributed by atoms with Gasteiger partial charge >= 0.3 is 14.5 Å². The second-order valence-electron chi connectivity index (χ2n) is 3.65. The highest BCUT2D eigenvalue weighted by Gasteiger charge is 2.38. The molecule has 0 N–H and O–H groups in total. The van der Waals surface area contributed by atoms with Crippen LogP contribution in [0, 0.1) is 0 Å². The van der Waals surface area contributed by atoms with Crippen molar-refractivity contribution in [3.8, 4) is 0 Å². The van der Waals surface area contributed by atoms with Gasteiger partial charge in [-0.3, -0.25) is 0 Å². The van der Waals surface area contributed by atoms with Gasteiger partial charge in [0.25, 0.3) is 0 Å². The molecular weight excluding hydrogens is 248 g/mol. The maximum absolute atomic E-state index is 11.0. The van der Waals surface area contributed by atoms with Crippen LogP contribution in [-0.2, 0) is 18.4 Å². The summed E-state index contributed by atoms with van der Waals surface area (Å²) >= 11 is 0. The SMILES string of the molecule is C=CC(=O)OCC[Si](OC)(OC)c1ccccc1. The molecule has 0 fully saturated rings. The molecule has 5 heteroatoms. The van der Waals surface area contributed by atoms with Gasteiger partial charge in [0.05, 0.1) is 6.61 Å². The van der Waals surface area contributed by atoms with Crippen LogP contribution in [-0.4, -0.2) is 35.4 Å². The number of ether oxygens (including phenoxy) is 1. The summed E-state index contributed by atoms with van der Waals surface area (Å²) in [4.78, 5) is 11.0. The Bertz CT molecular complexity index is 387. The molecule has 0 saturated carbocycles. The Kier molecular flexibility index (Phi) is 5.77. The highest BCUT2D eigenvalue weighted by Crippen LogP contribution is 2.12.